The molecule has 6 N–H and O–H groups in total. The number of pyridine rings is 1. The number of aliphatic hydroxyl groups is 1. The zero-order valence-corrected chi connectivity index (χ0v) is 10.8. The molecule has 18 heavy (non-hydrogen) atoms. The van der Waals surface area contributed by atoms with E-state index in [4.69, 9.17) is 11.5 Å². The Morgan fingerprint density at radius 3 is 2.94 bits per heavy atom. The van der Waals surface area contributed by atoms with Gasteiger partial charge in [0.15, 0.2) is 0 Å². The Balaban J connectivity index is 1.96. The standard InChI is InChI=1S/C13H22N4O/c1-9-3-2-6-13(18,7-9)8-16-11-5-4-10(14)12(15)17-11/h4-5,9,18H,2-3,6-8,14H2,1H3,(H3,15,16,17). The van der Waals surface area contributed by atoms with Crippen LogP contribution in [0, 0.1) is 5.92 Å². The molecule has 0 radical (unpaired) electrons. The van der Waals surface area contributed by atoms with Gasteiger partial charge in [0.05, 0.1) is 11.3 Å². The number of hydrogen-bond donors (Lipinski definition) is 4. The molecule has 1 aromatic heterocycles. The summed E-state index contributed by atoms with van der Waals surface area (Å²) in [5.74, 6) is 1.56. The molecule has 2 unspecified atom stereocenters. The summed E-state index contributed by atoms with van der Waals surface area (Å²) >= 11 is 0. The van der Waals surface area contributed by atoms with Crippen LogP contribution >= 0.6 is 0 Å². The highest BCUT2D eigenvalue weighted by Gasteiger charge is 2.32. The topological polar surface area (TPSA) is 97.2 Å². The summed E-state index contributed by atoms with van der Waals surface area (Å²) in [6.07, 6.45) is 3.96. The van der Waals surface area contributed by atoms with Crippen LogP contribution < -0.4 is 16.8 Å². The van der Waals surface area contributed by atoms with Crippen LogP contribution in [0.15, 0.2) is 12.1 Å². The van der Waals surface area contributed by atoms with E-state index < -0.39 is 5.60 Å². The van der Waals surface area contributed by atoms with Crippen LogP contribution in [-0.4, -0.2) is 22.2 Å². The molecule has 0 amide bonds. The number of hydrogen-bond acceptors (Lipinski definition) is 5. The zero-order chi connectivity index (χ0) is 13.2. The van der Waals surface area contributed by atoms with Crippen molar-refractivity contribution in [3.05, 3.63) is 12.1 Å². The molecule has 1 aliphatic carbocycles. The summed E-state index contributed by atoms with van der Waals surface area (Å²) in [7, 11) is 0. The number of nitrogens with two attached hydrogens (primary N) is 2. The fraction of sp³-hybridized carbons (Fsp3) is 0.615. The van der Waals surface area contributed by atoms with Crippen molar-refractivity contribution in [1.82, 2.24) is 4.98 Å². The van der Waals surface area contributed by atoms with Gasteiger partial charge < -0.3 is 21.9 Å². The van der Waals surface area contributed by atoms with E-state index in [1.54, 1.807) is 12.1 Å². The van der Waals surface area contributed by atoms with Crippen LogP contribution in [0.1, 0.15) is 32.6 Å². The Morgan fingerprint density at radius 2 is 2.28 bits per heavy atom. The molecule has 0 aromatic carbocycles. The first-order valence-corrected chi connectivity index (χ1v) is 6.47. The Bertz CT molecular complexity index is 423. The monoisotopic (exact) mass is 250 g/mol. The summed E-state index contributed by atoms with van der Waals surface area (Å²) in [4.78, 5) is 4.14. The molecule has 1 aromatic rings. The predicted molar refractivity (Wildman–Crippen MR) is 74.1 cm³/mol. The molecule has 2 atom stereocenters. The maximum atomic E-state index is 10.5. The van der Waals surface area contributed by atoms with Crippen molar-refractivity contribution >= 4 is 17.3 Å². The maximum Gasteiger partial charge on any atom is 0.149 e. The number of aromatic nitrogens is 1. The van der Waals surface area contributed by atoms with E-state index in [1.807, 2.05) is 0 Å². The minimum Gasteiger partial charge on any atom is -0.396 e. The minimum absolute atomic E-state index is 0.323. The minimum atomic E-state index is -0.629. The van der Waals surface area contributed by atoms with Crippen molar-refractivity contribution in [3.63, 3.8) is 0 Å². The number of nitrogen functional groups attached to an aromatic ring is 2. The van der Waals surface area contributed by atoms with E-state index in [-0.39, 0.29) is 0 Å². The second-order valence-electron chi connectivity index (χ2n) is 5.45. The van der Waals surface area contributed by atoms with Gasteiger partial charge in [-0.05, 0) is 30.9 Å². The number of anilines is 3. The third-order valence-electron chi connectivity index (χ3n) is 3.62. The molecular formula is C13H22N4O. The molecule has 100 valence electrons. The normalized spacial score (nSPS) is 28.0. The number of nitrogens with one attached hydrogen (secondary N) is 1. The van der Waals surface area contributed by atoms with Crippen molar-refractivity contribution in [3.8, 4) is 0 Å². The lowest BCUT2D eigenvalue weighted by atomic mass is 9.79. The third-order valence-corrected chi connectivity index (χ3v) is 3.62. The van der Waals surface area contributed by atoms with E-state index in [2.05, 4.69) is 17.2 Å². The summed E-state index contributed by atoms with van der Waals surface area (Å²) < 4.78 is 0. The van der Waals surface area contributed by atoms with E-state index in [1.165, 1.54) is 6.42 Å². The average Bonchev–Trinajstić information content (AvgIpc) is 2.31. The molecule has 1 fully saturated rings. The van der Waals surface area contributed by atoms with E-state index in [0.717, 1.165) is 19.3 Å². The quantitative estimate of drug-likeness (QED) is 0.653. The lowest BCUT2D eigenvalue weighted by Crippen LogP contribution is -2.41. The molecule has 1 saturated carbocycles. The van der Waals surface area contributed by atoms with Crippen molar-refractivity contribution in [2.45, 2.75) is 38.2 Å². The highest BCUT2D eigenvalue weighted by atomic mass is 16.3. The smallest absolute Gasteiger partial charge is 0.149 e. The van der Waals surface area contributed by atoms with Crippen molar-refractivity contribution < 1.29 is 5.11 Å². The van der Waals surface area contributed by atoms with E-state index >= 15 is 0 Å². The number of nitrogens with zero attached hydrogens (tertiary/aromatic N) is 1. The van der Waals surface area contributed by atoms with Crippen LogP contribution in [0.25, 0.3) is 0 Å². The molecule has 0 bridgehead atoms. The van der Waals surface area contributed by atoms with Gasteiger partial charge in [0.1, 0.15) is 11.6 Å². The second kappa shape index (κ2) is 5.02. The van der Waals surface area contributed by atoms with Gasteiger partial charge in [0.25, 0.3) is 0 Å². The Labute approximate surface area is 108 Å². The first-order chi connectivity index (χ1) is 8.48. The summed E-state index contributed by atoms with van der Waals surface area (Å²) in [5.41, 5.74) is 11.1. The van der Waals surface area contributed by atoms with Gasteiger partial charge >= 0.3 is 0 Å². The molecule has 1 aliphatic rings. The molecule has 5 heteroatoms. The van der Waals surface area contributed by atoms with Crippen LogP contribution in [-0.2, 0) is 0 Å². The SMILES string of the molecule is CC1CCCC(O)(CNc2ccc(N)c(N)n2)C1. The van der Waals surface area contributed by atoms with E-state index in [0.29, 0.717) is 29.8 Å². The van der Waals surface area contributed by atoms with Gasteiger partial charge in [-0.15, -0.1) is 0 Å². The summed E-state index contributed by atoms with van der Waals surface area (Å²) in [6, 6.07) is 3.50. The highest BCUT2D eigenvalue weighted by molar-refractivity contribution is 5.61. The molecular weight excluding hydrogens is 228 g/mol. The number of rotatable bonds is 3. The molecule has 2 rings (SSSR count). The van der Waals surface area contributed by atoms with Gasteiger partial charge in [-0.2, -0.15) is 0 Å². The fourth-order valence-corrected chi connectivity index (χ4v) is 2.63. The van der Waals surface area contributed by atoms with Gasteiger partial charge in [-0.3, -0.25) is 0 Å². The largest absolute Gasteiger partial charge is 0.396 e. The third kappa shape index (κ3) is 3.04. The molecule has 0 aliphatic heterocycles. The van der Waals surface area contributed by atoms with Crippen LogP contribution in [0.2, 0.25) is 0 Å². The molecule has 0 saturated heterocycles. The lowest BCUT2D eigenvalue weighted by molar-refractivity contribution is -0.000823. The van der Waals surface area contributed by atoms with Crippen molar-refractivity contribution in [1.29, 1.82) is 0 Å². The first-order valence-electron chi connectivity index (χ1n) is 6.47. The fourth-order valence-electron chi connectivity index (χ4n) is 2.63. The lowest BCUT2D eigenvalue weighted by Gasteiger charge is -2.35. The highest BCUT2D eigenvalue weighted by Crippen LogP contribution is 2.32. The Hall–Kier alpha value is -1.49. The summed E-state index contributed by atoms with van der Waals surface area (Å²) in [6.45, 7) is 2.69. The van der Waals surface area contributed by atoms with Gasteiger partial charge in [-0.25, -0.2) is 4.98 Å². The van der Waals surface area contributed by atoms with Gasteiger partial charge in [0.2, 0.25) is 0 Å². The van der Waals surface area contributed by atoms with Crippen molar-refractivity contribution in [2.24, 2.45) is 5.92 Å². The Morgan fingerprint density at radius 1 is 1.50 bits per heavy atom. The zero-order valence-electron chi connectivity index (χ0n) is 10.8. The molecule has 5 nitrogen and oxygen atoms in total. The second-order valence-corrected chi connectivity index (χ2v) is 5.45. The predicted octanol–water partition coefficient (Wildman–Crippen LogP) is 1.60. The maximum absolute atomic E-state index is 10.5. The van der Waals surface area contributed by atoms with E-state index in [9.17, 15) is 5.11 Å². The first kappa shape index (κ1) is 13.0. The van der Waals surface area contributed by atoms with Crippen LogP contribution in [0.4, 0.5) is 17.3 Å². The van der Waals surface area contributed by atoms with Gasteiger partial charge in [0, 0.05) is 6.54 Å². The van der Waals surface area contributed by atoms with Crippen LogP contribution in [0.3, 0.4) is 0 Å². The van der Waals surface area contributed by atoms with Crippen LogP contribution in [0.5, 0.6) is 0 Å². The Kier molecular flexibility index (Phi) is 3.61. The average molecular weight is 250 g/mol. The van der Waals surface area contributed by atoms with Gasteiger partial charge in [-0.1, -0.05) is 19.8 Å². The molecule has 0 spiro atoms. The van der Waals surface area contributed by atoms with Crippen molar-refractivity contribution in [2.75, 3.05) is 23.3 Å². The molecule has 1 heterocycles. The summed E-state index contributed by atoms with van der Waals surface area (Å²) in [5, 5.41) is 13.6.